The lowest BCUT2D eigenvalue weighted by molar-refractivity contribution is -0.160. The van der Waals surface area contributed by atoms with Crippen LogP contribution in [0.1, 0.15) is 62.2 Å². The van der Waals surface area contributed by atoms with Gasteiger partial charge in [-0.3, -0.25) is 0 Å². The molecular weight excluding hydrogens is 475 g/mol. The summed E-state index contributed by atoms with van der Waals surface area (Å²) in [4.78, 5) is 16.9. The Morgan fingerprint density at radius 2 is 1.92 bits per heavy atom. The average molecular weight is 502 g/mol. The van der Waals surface area contributed by atoms with Gasteiger partial charge in [-0.25, -0.2) is 14.3 Å². The highest BCUT2D eigenvalue weighted by Gasteiger charge is 2.36. The third kappa shape index (κ3) is 4.99. The fourth-order valence-corrected chi connectivity index (χ4v) is 4.19. The molecule has 2 heterocycles. The number of halogens is 3. The second-order valence-corrected chi connectivity index (χ2v) is 9.60. The Kier molecular flexibility index (Phi) is 6.42. The number of benzene rings is 1. The molecule has 0 saturated heterocycles. The van der Waals surface area contributed by atoms with Crippen molar-refractivity contribution in [3.05, 3.63) is 65.0 Å². The highest BCUT2D eigenvalue weighted by molar-refractivity contribution is 5.81. The highest BCUT2D eigenvalue weighted by atomic mass is 19.4. The Labute approximate surface area is 205 Å². The maximum Gasteiger partial charge on any atom is 0.419 e. The van der Waals surface area contributed by atoms with Gasteiger partial charge in [-0.2, -0.15) is 18.3 Å². The van der Waals surface area contributed by atoms with Crippen molar-refractivity contribution in [1.29, 1.82) is 0 Å². The van der Waals surface area contributed by atoms with E-state index in [4.69, 9.17) is 4.74 Å². The number of nitrogens with zero attached hydrogens (tertiary/aromatic N) is 3. The standard InChI is InChI=1S/C26H26F3N3O4/c1-14-21(23(24(34)35)36-25(2,3)4)22(16-10-11-19(33)17(12-16)26(27,28)29)32-20(30-14)13-18(31-32)15-8-6-5-7-9-15/h5-6,8,10-13,23,33H,7,9H2,1-4H3,(H,34,35). The summed E-state index contributed by atoms with van der Waals surface area (Å²) in [5, 5.41) is 24.6. The third-order valence-electron chi connectivity index (χ3n) is 5.71. The zero-order valence-electron chi connectivity index (χ0n) is 20.2. The van der Waals surface area contributed by atoms with Gasteiger partial charge in [-0.15, -0.1) is 0 Å². The number of aryl methyl sites for hydroxylation is 1. The van der Waals surface area contributed by atoms with Crippen LogP contribution >= 0.6 is 0 Å². The van der Waals surface area contributed by atoms with Crippen LogP contribution < -0.4 is 0 Å². The van der Waals surface area contributed by atoms with E-state index in [9.17, 15) is 28.2 Å². The molecule has 190 valence electrons. The maximum absolute atomic E-state index is 13.7. The number of carbonyl (C=O) groups is 1. The van der Waals surface area contributed by atoms with E-state index in [0.29, 0.717) is 11.3 Å². The number of hydrogen-bond donors (Lipinski definition) is 2. The van der Waals surface area contributed by atoms with Gasteiger partial charge in [0.05, 0.1) is 22.6 Å². The number of aliphatic carboxylic acids is 1. The minimum absolute atomic E-state index is 0.0153. The normalized spacial score (nSPS) is 15.2. The van der Waals surface area contributed by atoms with Crippen LogP contribution in [0.2, 0.25) is 0 Å². The van der Waals surface area contributed by atoms with Crippen LogP contribution in [-0.2, 0) is 15.7 Å². The van der Waals surface area contributed by atoms with Gasteiger partial charge in [0.25, 0.3) is 0 Å². The molecule has 0 amide bonds. The molecule has 36 heavy (non-hydrogen) atoms. The molecular formula is C26H26F3N3O4. The number of hydrogen-bond acceptors (Lipinski definition) is 5. The Balaban J connectivity index is 2.07. The first kappa shape index (κ1) is 25.4. The molecule has 2 N–H and O–H groups in total. The number of carboxylic acid groups (broad SMARTS) is 1. The molecule has 7 nitrogen and oxygen atoms in total. The number of allylic oxidation sites excluding steroid dienone is 4. The van der Waals surface area contributed by atoms with Crippen molar-refractivity contribution >= 4 is 17.2 Å². The van der Waals surface area contributed by atoms with Crippen LogP contribution in [0, 0.1) is 6.92 Å². The Bertz CT molecular complexity index is 1400. The maximum atomic E-state index is 13.7. The first-order valence-corrected chi connectivity index (χ1v) is 11.3. The lowest BCUT2D eigenvalue weighted by atomic mass is 9.97. The number of aromatic nitrogens is 3. The van der Waals surface area contributed by atoms with E-state index in [0.717, 1.165) is 30.5 Å². The quantitative estimate of drug-likeness (QED) is 0.438. The molecule has 0 spiro atoms. The minimum Gasteiger partial charge on any atom is -0.507 e. The van der Waals surface area contributed by atoms with Crippen molar-refractivity contribution in [2.75, 3.05) is 0 Å². The van der Waals surface area contributed by atoms with Crippen molar-refractivity contribution in [2.24, 2.45) is 0 Å². The molecule has 4 rings (SSSR count). The first-order chi connectivity index (χ1) is 16.8. The van der Waals surface area contributed by atoms with E-state index >= 15 is 0 Å². The summed E-state index contributed by atoms with van der Waals surface area (Å²) < 4.78 is 48.2. The van der Waals surface area contributed by atoms with Crippen LogP contribution in [0.15, 0.2) is 42.5 Å². The van der Waals surface area contributed by atoms with Gasteiger partial charge in [-0.05, 0) is 64.3 Å². The van der Waals surface area contributed by atoms with Crippen molar-refractivity contribution in [3.8, 4) is 17.0 Å². The molecule has 3 aromatic rings. The summed E-state index contributed by atoms with van der Waals surface area (Å²) in [6, 6.07) is 4.73. The summed E-state index contributed by atoms with van der Waals surface area (Å²) in [5.74, 6) is -2.26. The molecule has 0 fully saturated rings. The van der Waals surface area contributed by atoms with Gasteiger partial charge in [0, 0.05) is 22.9 Å². The monoisotopic (exact) mass is 501 g/mol. The smallest absolute Gasteiger partial charge is 0.419 e. The number of phenols is 1. The van der Waals surface area contributed by atoms with Crippen LogP contribution in [0.4, 0.5) is 13.2 Å². The second kappa shape index (κ2) is 9.09. The van der Waals surface area contributed by atoms with Gasteiger partial charge >= 0.3 is 12.1 Å². The molecule has 1 atom stereocenters. The van der Waals surface area contributed by atoms with Gasteiger partial charge in [0.2, 0.25) is 0 Å². The molecule has 0 radical (unpaired) electrons. The van der Waals surface area contributed by atoms with E-state index < -0.39 is 35.2 Å². The zero-order chi connectivity index (χ0) is 26.4. The van der Waals surface area contributed by atoms with Crippen molar-refractivity contribution in [3.63, 3.8) is 0 Å². The second-order valence-electron chi connectivity index (χ2n) is 9.60. The predicted octanol–water partition coefficient (Wildman–Crippen LogP) is 6.10. The third-order valence-corrected chi connectivity index (χ3v) is 5.71. The number of rotatable bonds is 5. The van der Waals surface area contributed by atoms with Crippen LogP contribution in [-0.4, -0.2) is 36.4 Å². The van der Waals surface area contributed by atoms with E-state index in [-0.39, 0.29) is 22.5 Å². The molecule has 1 unspecified atom stereocenters. The molecule has 1 aliphatic carbocycles. The van der Waals surface area contributed by atoms with E-state index in [1.165, 1.54) is 10.6 Å². The van der Waals surface area contributed by atoms with Gasteiger partial charge in [0.15, 0.2) is 11.8 Å². The predicted molar refractivity (Wildman–Crippen MR) is 127 cm³/mol. The number of alkyl halides is 3. The molecule has 0 bridgehead atoms. The zero-order valence-corrected chi connectivity index (χ0v) is 20.2. The number of fused-ring (bicyclic) bond motifs is 1. The summed E-state index contributed by atoms with van der Waals surface area (Å²) in [6.45, 7) is 6.63. The van der Waals surface area contributed by atoms with Gasteiger partial charge < -0.3 is 14.9 Å². The van der Waals surface area contributed by atoms with Gasteiger partial charge in [0.1, 0.15) is 5.75 Å². The van der Waals surface area contributed by atoms with Crippen LogP contribution in [0.5, 0.6) is 5.75 Å². The molecule has 0 saturated carbocycles. The fourth-order valence-electron chi connectivity index (χ4n) is 4.19. The molecule has 1 aromatic carbocycles. The number of carboxylic acids is 1. The molecule has 10 heteroatoms. The topological polar surface area (TPSA) is 97.0 Å². The SMILES string of the molecule is Cc1nc2cc(C3=CC=CCC3)nn2c(-c2ccc(O)c(C(F)(F)F)c2)c1C(OC(C)(C)C)C(=O)O. The number of phenolic OH excluding ortho intramolecular Hbond substituents is 1. The minimum atomic E-state index is -4.83. The molecule has 2 aromatic heterocycles. The Hall–Kier alpha value is -3.66. The Morgan fingerprint density at radius 3 is 2.50 bits per heavy atom. The molecule has 1 aliphatic rings. The number of aromatic hydroxyl groups is 1. The lowest BCUT2D eigenvalue weighted by Gasteiger charge is -2.27. The van der Waals surface area contributed by atoms with Crippen LogP contribution in [0.25, 0.3) is 22.5 Å². The van der Waals surface area contributed by atoms with Crippen molar-refractivity contribution < 1.29 is 32.9 Å². The summed E-state index contributed by atoms with van der Waals surface area (Å²) >= 11 is 0. The lowest BCUT2D eigenvalue weighted by Crippen LogP contribution is -2.29. The summed E-state index contributed by atoms with van der Waals surface area (Å²) in [6.07, 6.45) is 1.00. The first-order valence-electron chi connectivity index (χ1n) is 11.3. The van der Waals surface area contributed by atoms with E-state index in [2.05, 4.69) is 10.1 Å². The molecule has 0 aliphatic heterocycles. The van der Waals surface area contributed by atoms with Gasteiger partial charge in [-0.1, -0.05) is 18.2 Å². The summed E-state index contributed by atoms with van der Waals surface area (Å²) in [7, 11) is 0. The van der Waals surface area contributed by atoms with Crippen molar-refractivity contribution in [2.45, 2.75) is 58.4 Å². The highest BCUT2D eigenvalue weighted by Crippen LogP contribution is 2.41. The largest absolute Gasteiger partial charge is 0.507 e. The van der Waals surface area contributed by atoms with Crippen molar-refractivity contribution in [1.82, 2.24) is 14.6 Å². The van der Waals surface area contributed by atoms with Crippen LogP contribution in [0.3, 0.4) is 0 Å². The fraction of sp³-hybridized carbons (Fsp3) is 0.346. The van der Waals surface area contributed by atoms with E-state index in [1.807, 2.05) is 18.2 Å². The average Bonchev–Trinajstić information content (AvgIpc) is 3.20. The Morgan fingerprint density at radius 1 is 1.19 bits per heavy atom. The number of ether oxygens (including phenoxy) is 1. The van der Waals surface area contributed by atoms with E-state index in [1.54, 1.807) is 33.8 Å². The summed E-state index contributed by atoms with van der Waals surface area (Å²) in [5.41, 5.74) is 0.194.